The highest BCUT2D eigenvalue weighted by atomic mass is 16.3. The largest absolute Gasteiger partial charge is 0.508 e. The summed E-state index contributed by atoms with van der Waals surface area (Å²) in [7, 11) is 0. The van der Waals surface area contributed by atoms with Crippen LogP contribution < -0.4 is 5.32 Å². The fourth-order valence-electron chi connectivity index (χ4n) is 4.82. The molecule has 2 amide bonds. The lowest BCUT2D eigenvalue weighted by atomic mass is 9.63. The Hall–Kier alpha value is -1.75. The van der Waals surface area contributed by atoms with Crippen molar-refractivity contribution in [2.24, 2.45) is 17.3 Å². The summed E-state index contributed by atoms with van der Waals surface area (Å²) < 4.78 is 0. The molecule has 2 aliphatic rings. The zero-order valence-corrected chi connectivity index (χ0v) is 17.9. The molecule has 2 heterocycles. The van der Waals surface area contributed by atoms with E-state index < -0.39 is 0 Å². The first-order valence-electron chi connectivity index (χ1n) is 10.9. The van der Waals surface area contributed by atoms with Crippen LogP contribution in [-0.2, 0) is 0 Å². The van der Waals surface area contributed by atoms with Crippen LogP contribution in [0.2, 0.25) is 0 Å². The summed E-state index contributed by atoms with van der Waals surface area (Å²) in [6.07, 6.45) is 3.18. The van der Waals surface area contributed by atoms with Crippen molar-refractivity contribution >= 4 is 6.03 Å². The predicted molar refractivity (Wildman–Crippen MR) is 113 cm³/mol. The van der Waals surface area contributed by atoms with Crippen molar-refractivity contribution in [1.29, 1.82) is 0 Å². The third-order valence-corrected chi connectivity index (χ3v) is 6.62. The molecule has 0 saturated carbocycles. The molecular formula is C23H37N3O2. The Morgan fingerprint density at radius 1 is 1.21 bits per heavy atom. The van der Waals surface area contributed by atoms with E-state index in [4.69, 9.17) is 0 Å². The Balaban J connectivity index is 1.65. The average Bonchev–Trinajstić information content (AvgIpc) is 2.67. The van der Waals surface area contributed by atoms with Gasteiger partial charge >= 0.3 is 6.03 Å². The van der Waals surface area contributed by atoms with Gasteiger partial charge in [0.15, 0.2) is 0 Å². The average molecular weight is 388 g/mol. The summed E-state index contributed by atoms with van der Waals surface area (Å²) in [6.45, 7) is 13.5. The molecule has 5 nitrogen and oxygen atoms in total. The van der Waals surface area contributed by atoms with Gasteiger partial charge in [0.2, 0.25) is 0 Å². The number of nitrogens with one attached hydrogen (secondary N) is 1. The van der Waals surface area contributed by atoms with Crippen LogP contribution in [0.15, 0.2) is 24.3 Å². The molecular weight excluding hydrogens is 350 g/mol. The van der Waals surface area contributed by atoms with E-state index in [1.807, 2.05) is 4.90 Å². The number of urea groups is 1. The second kappa shape index (κ2) is 8.73. The van der Waals surface area contributed by atoms with Crippen LogP contribution in [-0.4, -0.2) is 53.7 Å². The predicted octanol–water partition coefficient (Wildman–Crippen LogP) is 4.24. The highest BCUT2D eigenvalue weighted by molar-refractivity contribution is 5.74. The highest BCUT2D eigenvalue weighted by Gasteiger charge is 2.54. The third-order valence-electron chi connectivity index (χ3n) is 6.62. The molecule has 2 saturated heterocycles. The van der Waals surface area contributed by atoms with Crippen LogP contribution in [0.4, 0.5) is 4.79 Å². The second-order valence-electron chi connectivity index (χ2n) is 9.37. The van der Waals surface area contributed by atoms with Gasteiger partial charge in [0.25, 0.3) is 0 Å². The number of amides is 2. The van der Waals surface area contributed by atoms with Gasteiger partial charge in [-0.05, 0) is 42.4 Å². The Labute approximate surface area is 170 Å². The number of phenols is 1. The van der Waals surface area contributed by atoms with Gasteiger partial charge in [-0.15, -0.1) is 0 Å². The standard InChI is InChI=1S/C23H37N3O2/c1-5-18(4)14-24-22(28)25-12-10-23(11-13-25)16-26(15-17(2)3)21(23)19-6-8-20(27)9-7-19/h6-9,17-18,21,27H,5,10-16H2,1-4H3,(H,24,28)/t18-,21?/m0/s1. The first-order valence-corrected chi connectivity index (χ1v) is 10.9. The molecule has 3 rings (SSSR count). The van der Waals surface area contributed by atoms with Gasteiger partial charge in [-0.25, -0.2) is 4.79 Å². The normalized spacial score (nSPS) is 22.9. The van der Waals surface area contributed by atoms with E-state index in [1.165, 1.54) is 5.56 Å². The number of likely N-dealkylation sites (tertiary alicyclic amines) is 2. The molecule has 2 N–H and O–H groups in total. The number of carbonyl (C=O) groups is 1. The minimum absolute atomic E-state index is 0.0923. The summed E-state index contributed by atoms with van der Waals surface area (Å²) in [4.78, 5) is 17.1. The van der Waals surface area contributed by atoms with Crippen molar-refractivity contribution in [3.05, 3.63) is 29.8 Å². The number of benzene rings is 1. The van der Waals surface area contributed by atoms with E-state index in [-0.39, 0.29) is 11.4 Å². The molecule has 5 heteroatoms. The van der Waals surface area contributed by atoms with Crippen LogP contribution in [0.1, 0.15) is 58.6 Å². The number of phenolic OH excluding ortho intramolecular Hbond substituents is 1. The Bertz CT molecular complexity index is 650. The van der Waals surface area contributed by atoms with Gasteiger partial charge in [-0.1, -0.05) is 46.2 Å². The van der Waals surface area contributed by atoms with Crippen molar-refractivity contribution < 1.29 is 9.90 Å². The maximum absolute atomic E-state index is 12.5. The van der Waals surface area contributed by atoms with Gasteiger partial charge in [0.1, 0.15) is 5.75 Å². The van der Waals surface area contributed by atoms with E-state index in [9.17, 15) is 9.90 Å². The zero-order chi connectivity index (χ0) is 20.3. The number of hydrogen-bond donors (Lipinski definition) is 2. The van der Waals surface area contributed by atoms with Crippen LogP contribution in [0.25, 0.3) is 0 Å². The Kier molecular flexibility index (Phi) is 6.54. The summed E-state index contributed by atoms with van der Waals surface area (Å²) >= 11 is 0. The molecule has 1 spiro atoms. The van der Waals surface area contributed by atoms with Crippen molar-refractivity contribution in [2.75, 3.05) is 32.7 Å². The van der Waals surface area contributed by atoms with Crippen LogP contribution in [0.3, 0.4) is 0 Å². The van der Waals surface area contributed by atoms with E-state index in [1.54, 1.807) is 12.1 Å². The van der Waals surface area contributed by atoms with Gasteiger partial charge in [-0.3, -0.25) is 4.90 Å². The van der Waals surface area contributed by atoms with Crippen molar-refractivity contribution in [1.82, 2.24) is 15.1 Å². The zero-order valence-electron chi connectivity index (χ0n) is 17.9. The molecule has 0 bridgehead atoms. The fraction of sp³-hybridized carbons (Fsp3) is 0.696. The molecule has 2 atom stereocenters. The monoisotopic (exact) mass is 387 g/mol. The van der Waals surface area contributed by atoms with Crippen LogP contribution in [0, 0.1) is 17.3 Å². The van der Waals surface area contributed by atoms with E-state index in [0.717, 1.165) is 52.0 Å². The first-order chi connectivity index (χ1) is 13.3. The topological polar surface area (TPSA) is 55.8 Å². The minimum atomic E-state index is 0.0923. The first kappa shape index (κ1) is 21.0. The number of nitrogens with zero attached hydrogens (tertiary/aromatic N) is 2. The maximum Gasteiger partial charge on any atom is 0.317 e. The number of carbonyl (C=O) groups excluding carboxylic acids is 1. The molecule has 2 fully saturated rings. The van der Waals surface area contributed by atoms with E-state index in [0.29, 0.717) is 23.6 Å². The van der Waals surface area contributed by atoms with Crippen molar-refractivity contribution in [2.45, 2.75) is 53.0 Å². The smallest absolute Gasteiger partial charge is 0.317 e. The quantitative estimate of drug-likeness (QED) is 0.767. The van der Waals surface area contributed by atoms with Crippen LogP contribution >= 0.6 is 0 Å². The maximum atomic E-state index is 12.5. The third kappa shape index (κ3) is 4.45. The van der Waals surface area contributed by atoms with Gasteiger partial charge < -0.3 is 15.3 Å². The van der Waals surface area contributed by atoms with Gasteiger partial charge in [0, 0.05) is 44.2 Å². The summed E-state index contributed by atoms with van der Waals surface area (Å²) in [5, 5.41) is 12.8. The highest BCUT2D eigenvalue weighted by Crippen LogP contribution is 2.55. The molecule has 1 aromatic carbocycles. The van der Waals surface area contributed by atoms with E-state index >= 15 is 0 Å². The second-order valence-corrected chi connectivity index (χ2v) is 9.37. The Morgan fingerprint density at radius 3 is 2.43 bits per heavy atom. The summed E-state index contributed by atoms with van der Waals surface area (Å²) in [6, 6.07) is 8.22. The summed E-state index contributed by atoms with van der Waals surface area (Å²) in [5.74, 6) is 1.47. The number of hydrogen-bond acceptors (Lipinski definition) is 3. The number of rotatable bonds is 6. The lowest BCUT2D eigenvalue weighted by molar-refractivity contribution is -0.112. The number of aromatic hydroxyl groups is 1. The molecule has 2 aliphatic heterocycles. The molecule has 0 aliphatic carbocycles. The molecule has 1 unspecified atom stereocenters. The molecule has 1 aromatic rings. The lowest BCUT2D eigenvalue weighted by Gasteiger charge is -2.61. The Morgan fingerprint density at radius 2 is 1.86 bits per heavy atom. The number of piperidine rings is 1. The van der Waals surface area contributed by atoms with Gasteiger partial charge in [-0.2, -0.15) is 0 Å². The lowest BCUT2D eigenvalue weighted by Crippen LogP contribution is -2.63. The molecule has 0 aromatic heterocycles. The SMILES string of the molecule is CC[C@H](C)CNC(=O)N1CCC2(CC1)CN(CC(C)C)C2c1ccc(O)cc1. The fourth-order valence-corrected chi connectivity index (χ4v) is 4.82. The van der Waals surface area contributed by atoms with Crippen molar-refractivity contribution in [3.63, 3.8) is 0 Å². The van der Waals surface area contributed by atoms with Gasteiger partial charge in [0.05, 0.1) is 0 Å². The van der Waals surface area contributed by atoms with E-state index in [2.05, 4.69) is 50.0 Å². The van der Waals surface area contributed by atoms with Crippen molar-refractivity contribution in [3.8, 4) is 5.75 Å². The molecule has 156 valence electrons. The molecule has 0 radical (unpaired) electrons. The molecule has 28 heavy (non-hydrogen) atoms. The van der Waals surface area contributed by atoms with Crippen LogP contribution in [0.5, 0.6) is 5.75 Å². The minimum Gasteiger partial charge on any atom is -0.508 e. The summed E-state index contributed by atoms with van der Waals surface area (Å²) in [5.41, 5.74) is 1.54.